The molecule has 0 fully saturated rings. The van der Waals surface area contributed by atoms with Crippen LogP contribution in [0.4, 0.5) is 17.1 Å². The van der Waals surface area contributed by atoms with Gasteiger partial charge in [0.05, 0.1) is 48.1 Å². The fourth-order valence-corrected chi connectivity index (χ4v) is 8.88. The van der Waals surface area contributed by atoms with Gasteiger partial charge in [-0.2, -0.15) is 0 Å². The Morgan fingerprint density at radius 1 is 0.413 bits per heavy atom. The Morgan fingerprint density at radius 2 is 1.14 bits per heavy atom. The average molecular weight is 837 g/mol. The second-order valence-corrected chi connectivity index (χ2v) is 14.7. The first-order valence-electron chi connectivity index (χ1n) is 35.8. The molecule has 12 rings (SSSR count). The molecule has 0 amide bonds. The monoisotopic (exact) mass is 837 g/mol. The number of benzene rings is 10. The van der Waals surface area contributed by atoms with Crippen molar-refractivity contribution in [3.63, 3.8) is 0 Å². The first kappa shape index (κ1) is 16.5. The molecule has 0 heterocycles. The molecule has 1 heteroatoms. The standard InChI is InChI=1S/C62H45N/c1-61(2)54-32-16-15-31-53(54)60-56(61)34-19-35-58(60)63(47-26-10-5-11-27-47)48-28-18-21-43(40-48)50-38-36-42-20-12-13-29-49(42)59(50)44-37-39-52-51-30-14-17-33-55(51)62(57(52)41-44,45-22-6-3-7-23-45)46-24-8-4-9-25-46/h3-41H,1-2H3/i1D3,2D3,3D,4D,6D,7D,8D,9D,10D,11D,12D,13D,14D,15D,16D,17D,18D,20D,22D,23D,24D,30D,32D,33D,34D,35D,36D,38D,39D. The fraction of sp³-hybridized carbons (Fsp3) is 0.0645. The molecule has 63 heavy (non-hydrogen) atoms. The summed E-state index contributed by atoms with van der Waals surface area (Å²) in [5.74, 6) is 0. The van der Waals surface area contributed by atoms with Crippen LogP contribution in [0.3, 0.4) is 0 Å². The van der Waals surface area contributed by atoms with Crippen LogP contribution in [0.2, 0.25) is 0 Å². The molecule has 10 aromatic carbocycles. The predicted octanol–water partition coefficient (Wildman–Crippen LogP) is 16.3. The number of fused-ring (bicyclic) bond motifs is 7. The quantitative estimate of drug-likeness (QED) is 0.155. The van der Waals surface area contributed by atoms with Crippen molar-refractivity contribution in [2.24, 2.45) is 0 Å². The van der Waals surface area contributed by atoms with E-state index in [1.807, 2.05) is 0 Å². The number of rotatable bonds is 7. The molecule has 1 nitrogen and oxygen atoms in total. The van der Waals surface area contributed by atoms with Crippen LogP contribution in [0.15, 0.2) is 236 Å². The normalized spacial score (nSPS) is 23.1. The first-order valence-corrected chi connectivity index (χ1v) is 19.3. The minimum Gasteiger partial charge on any atom is -0.310 e. The topological polar surface area (TPSA) is 3.24 Å². The highest BCUT2D eigenvalue weighted by Gasteiger charge is 2.46. The minimum absolute atomic E-state index is 0.227. The van der Waals surface area contributed by atoms with E-state index in [1.54, 1.807) is 0 Å². The molecular weight excluding hydrogens is 759 g/mol. The number of anilines is 3. The molecule has 0 aromatic heterocycles. The molecule has 2 aliphatic rings. The lowest BCUT2D eigenvalue weighted by atomic mass is 9.67. The Hall–Kier alpha value is -7.74. The molecular formula is C62H45N. The number of nitrogens with zero attached hydrogens (tertiary/aromatic N) is 1. The summed E-state index contributed by atoms with van der Waals surface area (Å²) in [5.41, 5.74) is -14.7. The zero-order valence-electron chi connectivity index (χ0n) is 65.4. The summed E-state index contributed by atoms with van der Waals surface area (Å²) >= 11 is 0. The zero-order chi connectivity index (χ0) is 70.6. The number of hydrogen-bond donors (Lipinski definition) is 0. The van der Waals surface area contributed by atoms with Gasteiger partial charge in [-0.15, -0.1) is 0 Å². The van der Waals surface area contributed by atoms with Gasteiger partial charge in [0.25, 0.3) is 0 Å². The third kappa shape index (κ3) is 5.56. The summed E-state index contributed by atoms with van der Waals surface area (Å²) in [6, 6.07) is -9.02. The number of para-hydroxylation sites is 1. The first-order chi connectivity index (χ1) is 44.6. The summed E-state index contributed by atoms with van der Waals surface area (Å²) in [5, 5.41) is -0.761. The molecule has 10 aromatic rings. The maximum Gasteiger partial charge on any atom is 0.0713 e. The Balaban J connectivity index is 1.27. The van der Waals surface area contributed by atoms with Gasteiger partial charge in [0.2, 0.25) is 0 Å². The van der Waals surface area contributed by atoms with Crippen LogP contribution < -0.4 is 4.90 Å². The van der Waals surface area contributed by atoms with E-state index in [9.17, 15) is 17.8 Å². The largest absolute Gasteiger partial charge is 0.310 e. The Kier molecular flexibility index (Phi) is 3.78. The lowest BCUT2D eigenvalue weighted by Crippen LogP contribution is -2.28. The summed E-state index contributed by atoms with van der Waals surface area (Å²) < 4.78 is 303. The van der Waals surface area contributed by atoms with Crippen molar-refractivity contribution in [1.29, 1.82) is 0 Å². The Labute approximate surface area is 416 Å². The van der Waals surface area contributed by atoms with Gasteiger partial charge in [0.1, 0.15) is 0 Å². The molecule has 0 radical (unpaired) electrons. The molecule has 1 atom stereocenters. The van der Waals surface area contributed by atoms with E-state index in [-0.39, 0.29) is 45.5 Å². The van der Waals surface area contributed by atoms with Crippen LogP contribution in [-0.2, 0) is 10.8 Å². The molecule has 0 bridgehead atoms. The highest BCUT2D eigenvalue weighted by atomic mass is 15.1. The third-order valence-corrected chi connectivity index (χ3v) is 11.5. The van der Waals surface area contributed by atoms with Crippen molar-refractivity contribution in [2.45, 2.75) is 24.5 Å². The van der Waals surface area contributed by atoms with Crippen LogP contribution >= 0.6 is 0 Å². The van der Waals surface area contributed by atoms with Crippen molar-refractivity contribution >= 4 is 27.8 Å². The Bertz CT molecular complexity index is 5140. The van der Waals surface area contributed by atoms with E-state index in [0.29, 0.717) is 0 Å². The van der Waals surface area contributed by atoms with Crippen LogP contribution in [0.5, 0.6) is 0 Å². The van der Waals surface area contributed by atoms with Gasteiger partial charge in [-0.25, -0.2) is 0 Å². The van der Waals surface area contributed by atoms with E-state index in [0.717, 1.165) is 53.4 Å². The minimum atomic E-state index is -3.69. The van der Waals surface area contributed by atoms with Gasteiger partial charge in [-0.05, 0) is 119 Å². The lowest BCUT2D eigenvalue weighted by Gasteiger charge is -2.34. The molecule has 298 valence electrons. The molecule has 0 N–H and O–H groups in total. The second kappa shape index (κ2) is 14.4. The number of hydrogen-bond acceptors (Lipinski definition) is 1. The average Bonchev–Trinajstić information content (AvgIpc) is 1.49. The van der Waals surface area contributed by atoms with Crippen LogP contribution in [0.1, 0.15) is 92.3 Å². The third-order valence-electron chi connectivity index (χ3n) is 11.5. The van der Waals surface area contributed by atoms with Crippen molar-refractivity contribution < 1.29 is 45.2 Å². The highest BCUT2D eigenvalue weighted by molar-refractivity contribution is 6.05. The van der Waals surface area contributed by atoms with E-state index in [2.05, 4.69) is 0 Å². The Morgan fingerprint density at radius 3 is 2.03 bits per heavy atom. The maximum absolute atomic E-state index is 10.1. The van der Waals surface area contributed by atoms with Crippen molar-refractivity contribution in [3.8, 4) is 44.5 Å². The van der Waals surface area contributed by atoms with Crippen molar-refractivity contribution in [1.82, 2.24) is 0 Å². The van der Waals surface area contributed by atoms with Crippen LogP contribution in [-0.4, -0.2) is 0 Å². The van der Waals surface area contributed by atoms with Crippen LogP contribution in [0, 0.1) is 0 Å². The summed E-state index contributed by atoms with van der Waals surface area (Å²) in [6.07, 6.45) is 0. The van der Waals surface area contributed by atoms with Gasteiger partial charge in [0.15, 0.2) is 0 Å². The summed E-state index contributed by atoms with van der Waals surface area (Å²) in [6.45, 7) is -7.39. The van der Waals surface area contributed by atoms with Crippen LogP contribution in [0.25, 0.3) is 55.3 Å². The summed E-state index contributed by atoms with van der Waals surface area (Å²) in [4.78, 5) is 1.10. The molecule has 1 unspecified atom stereocenters. The fourth-order valence-electron chi connectivity index (χ4n) is 8.88. The SMILES string of the molecule is [2H]c1cc([2H])cc(N(c2cc([2H])cc(-c3c([2H])c([2H])c4c([2H])c([2H])c([2H])cc4c3-c3cc([2H])c4c(c3)C(c3cc([2H])c([2H])c([2H])c3[2H])(c3c([2H])c([2H])c([2H])c([2H])c3[2H])c3c([2H])c([2H])c([2H])c([2H])c3-4)c2)c2c([2H])cc([2H])c3c2-c2cc([2H])c([2H])c([2H])c2C3(C([2H])([2H])[2H])C([2H])([2H])[2H])c1. The van der Waals surface area contributed by atoms with Gasteiger partial charge in [0, 0.05) is 30.6 Å². The van der Waals surface area contributed by atoms with E-state index in [4.69, 9.17) is 27.4 Å². The van der Waals surface area contributed by atoms with Gasteiger partial charge >= 0.3 is 0 Å². The second-order valence-electron chi connectivity index (χ2n) is 14.7. The molecule has 0 saturated carbocycles. The maximum atomic E-state index is 10.1. The van der Waals surface area contributed by atoms with Crippen molar-refractivity contribution in [3.05, 3.63) is 269 Å². The molecule has 2 aliphatic carbocycles. The van der Waals surface area contributed by atoms with E-state index < -0.39 is 248 Å². The smallest absolute Gasteiger partial charge is 0.0713 e. The highest BCUT2D eigenvalue weighted by Crippen LogP contribution is 2.58. The molecule has 0 aliphatic heterocycles. The van der Waals surface area contributed by atoms with E-state index >= 15 is 0 Å². The van der Waals surface area contributed by atoms with Gasteiger partial charge < -0.3 is 4.90 Å². The lowest BCUT2D eigenvalue weighted by molar-refractivity contribution is 0.660. The predicted molar refractivity (Wildman–Crippen MR) is 264 cm³/mol. The van der Waals surface area contributed by atoms with Gasteiger partial charge in [-0.1, -0.05) is 213 Å². The molecule has 0 saturated heterocycles. The summed E-state index contributed by atoms with van der Waals surface area (Å²) in [7, 11) is 0. The van der Waals surface area contributed by atoms with Gasteiger partial charge in [-0.3, -0.25) is 0 Å². The molecule has 0 spiro atoms. The zero-order valence-corrected chi connectivity index (χ0v) is 32.4. The van der Waals surface area contributed by atoms with E-state index in [1.165, 1.54) is 24.3 Å². The van der Waals surface area contributed by atoms with Crippen molar-refractivity contribution in [2.75, 3.05) is 4.90 Å².